The van der Waals surface area contributed by atoms with Crippen molar-refractivity contribution in [1.29, 1.82) is 0 Å². The minimum atomic E-state index is -1.08. The van der Waals surface area contributed by atoms with E-state index in [1.54, 1.807) is 6.92 Å². The number of hydrogen-bond acceptors (Lipinski definition) is 12. The van der Waals surface area contributed by atoms with Gasteiger partial charge in [-0.1, -0.05) is 25.8 Å². The summed E-state index contributed by atoms with van der Waals surface area (Å²) in [4.78, 5) is 46.7. The van der Waals surface area contributed by atoms with Crippen molar-refractivity contribution in [3.63, 3.8) is 0 Å². The van der Waals surface area contributed by atoms with Crippen LogP contribution in [0.15, 0.2) is 18.2 Å². The fraction of sp³-hybridized carbons (Fsp3) is 0.545. The van der Waals surface area contributed by atoms with E-state index in [4.69, 9.17) is 29.4 Å². The van der Waals surface area contributed by atoms with Gasteiger partial charge in [-0.15, -0.1) is 0 Å². The molecule has 1 aromatic rings. The molecule has 1 aromatic carbocycles. The first-order valence-corrected chi connectivity index (χ1v) is 10.6. The van der Waals surface area contributed by atoms with Crippen molar-refractivity contribution in [2.75, 3.05) is 27.4 Å². The van der Waals surface area contributed by atoms with E-state index in [1.165, 1.54) is 18.2 Å². The zero-order valence-corrected chi connectivity index (χ0v) is 19.7. The van der Waals surface area contributed by atoms with Gasteiger partial charge >= 0.3 is 24.4 Å². The molecule has 0 radical (unpaired) electrons. The monoisotopic (exact) mass is 485 g/mol. The Morgan fingerprint density at radius 3 is 2.18 bits per heavy atom. The first-order chi connectivity index (χ1) is 16.2. The maximum absolute atomic E-state index is 12.2. The van der Waals surface area contributed by atoms with Gasteiger partial charge in [0, 0.05) is 0 Å². The molecule has 0 aliphatic rings. The van der Waals surface area contributed by atoms with Crippen molar-refractivity contribution in [1.82, 2.24) is 0 Å². The Hall–Kier alpha value is -3.54. The fourth-order valence-electron chi connectivity index (χ4n) is 2.49. The number of benzene rings is 1. The predicted octanol–water partition coefficient (Wildman–Crippen LogP) is 3.12. The van der Waals surface area contributed by atoms with Gasteiger partial charge in [0.2, 0.25) is 0 Å². The average Bonchev–Trinajstić information content (AvgIpc) is 2.81. The third-order valence-electron chi connectivity index (χ3n) is 4.21. The van der Waals surface area contributed by atoms with Crippen molar-refractivity contribution in [2.24, 2.45) is 5.73 Å². The summed E-state index contributed by atoms with van der Waals surface area (Å²) < 4.78 is 33.8. The van der Waals surface area contributed by atoms with E-state index in [2.05, 4.69) is 9.47 Å². The molecule has 12 heteroatoms. The Morgan fingerprint density at radius 1 is 0.912 bits per heavy atom. The molecule has 0 fully saturated rings. The third-order valence-corrected chi connectivity index (χ3v) is 4.21. The molecule has 0 saturated carbocycles. The van der Waals surface area contributed by atoms with Gasteiger partial charge in [0.15, 0.2) is 11.5 Å². The highest BCUT2D eigenvalue weighted by molar-refractivity contribution is 5.76. The molecule has 12 nitrogen and oxygen atoms in total. The van der Waals surface area contributed by atoms with E-state index in [1.807, 2.05) is 6.92 Å². The van der Waals surface area contributed by atoms with E-state index in [0.717, 1.165) is 33.5 Å². The number of ether oxygens (including phenoxy) is 7. The van der Waals surface area contributed by atoms with Gasteiger partial charge in [0.1, 0.15) is 18.8 Å². The standard InChI is InChI=1S/C22H31NO11/c1-5-6-7-10-30-22(27)32-14(2)13-31-19(24)16(23)11-15-8-9-17(33-20(25)28-3)18(12-15)34-21(26)29-4/h8-9,12,14,16H,5-7,10-11,13,23H2,1-4H3/t14-,16-/m0/s1. The number of rotatable bonds is 12. The van der Waals surface area contributed by atoms with Crippen molar-refractivity contribution < 1.29 is 52.3 Å². The predicted molar refractivity (Wildman–Crippen MR) is 117 cm³/mol. The molecule has 190 valence electrons. The molecule has 0 aliphatic carbocycles. The van der Waals surface area contributed by atoms with Gasteiger partial charge < -0.3 is 38.9 Å². The molecule has 0 heterocycles. The lowest BCUT2D eigenvalue weighted by molar-refractivity contribution is -0.148. The number of carbonyl (C=O) groups excluding carboxylic acids is 4. The zero-order chi connectivity index (χ0) is 25.5. The normalized spacial score (nSPS) is 12.0. The lowest BCUT2D eigenvalue weighted by atomic mass is 10.1. The highest BCUT2D eigenvalue weighted by atomic mass is 16.7. The third kappa shape index (κ3) is 10.9. The lowest BCUT2D eigenvalue weighted by Gasteiger charge is -2.16. The SMILES string of the molecule is CCCCCOC(=O)O[C@@H](C)COC(=O)[C@@H](N)Cc1ccc(OC(=O)OC)c(OC(=O)OC)c1. The molecule has 2 N–H and O–H groups in total. The summed E-state index contributed by atoms with van der Waals surface area (Å²) in [5, 5.41) is 0. The summed E-state index contributed by atoms with van der Waals surface area (Å²) in [6.45, 7) is 3.63. The smallest absolute Gasteiger partial charge is 0.461 e. The second-order valence-electron chi connectivity index (χ2n) is 7.07. The minimum absolute atomic E-state index is 0.00355. The van der Waals surface area contributed by atoms with E-state index < -0.39 is 36.6 Å². The number of esters is 1. The molecule has 0 unspecified atom stereocenters. The first kappa shape index (κ1) is 28.5. The Bertz CT molecular complexity index is 827. The van der Waals surface area contributed by atoms with Gasteiger partial charge in [0.05, 0.1) is 20.8 Å². The van der Waals surface area contributed by atoms with Crippen LogP contribution in [0.5, 0.6) is 11.5 Å². The van der Waals surface area contributed by atoms with Crippen LogP contribution >= 0.6 is 0 Å². The molecule has 0 spiro atoms. The number of methoxy groups -OCH3 is 2. The van der Waals surface area contributed by atoms with Gasteiger partial charge in [-0.05, 0) is 37.5 Å². The number of hydrogen-bond donors (Lipinski definition) is 1. The topological polar surface area (TPSA) is 159 Å². The summed E-state index contributed by atoms with van der Waals surface area (Å²) in [7, 11) is 2.22. The maximum Gasteiger partial charge on any atom is 0.513 e. The van der Waals surface area contributed by atoms with Crippen LogP contribution in [0.25, 0.3) is 0 Å². The van der Waals surface area contributed by atoms with Crippen LogP contribution in [0.4, 0.5) is 14.4 Å². The molecular weight excluding hydrogens is 454 g/mol. The zero-order valence-electron chi connectivity index (χ0n) is 19.7. The molecular formula is C22H31NO11. The summed E-state index contributed by atoms with van der Waals surface area (Å²) in [6, 6.07) is 3.12. The van der Waals surface area contributed by atoms with Crippen molar-refractivity contribution in [3.05, 3.63) is 23.8 Å². The molecule has 0 saturated heterocycles. The quantitative estimate of drug-likeness (QED) is 0.200. The molecule has 0 bridgehead atoms. The van der Waals surface area contributed by atoms with Crippen molar-refractivity contribution >= 4 is 24.4 Å². The number of carbonyl (C=O) groups is 4. The maximum atomic E-state index is 12.2. The van der Waals surface area contributed by atoms with Crippen LogP contribution in [0.1, 0.15) is 38.7 Å². The van der Waals surface area contributed by atoms with Crippen LogP contribution in [0.3, 0.4) is 0 Å². The highest BCUT2D eigenvalue weighted by Gasteiger charge is 2.21. The van der Waals surface area contributed by atoms with E-state index in [-0.39, 0.29) is 31.1 Å². The average molecular weight is 485 g/mol. The molecule has 34 heavy (non-hydrogen) atoms. The molecule has 0 aliphatic heterocycles. The lowest BCUT2D eigenvalue weighted by Crippen LogP contribution is -2.36. The summed E-state index contributed by atoms with van der Waals surface area (Å²) in [5.41, 5.74) is 6.38. The second kappa shape index (κ2) is 15.3. The van der Waals surface area contributed by atoms with Gasteiger partial charge in [0.25, 0.3) is 0 Å². The number of nitrogens with two attached hydrogens (primary N) is 1. The molecule has 0 aromatic heterocycles. The molecule has 2 atom stereocenters. The Kier molecular flexibility index (Phi) is 12.8. The van der Waals surface area contributed by atoms with E-state index in [9.17, 15) is 19.2 Å². The highest BCUT2D eigenvalue weighted by Crippen LogP contribution is 2.29. The van der Waals surface area contributed by atoms with Crippen molar-refractivity contribution in [3.8, 4) is 11.5 Å². The van der Waals surface area contributed by atoms with E-state index in [0.29, 0.717) is 5.56 Å². The van der Waals surface area contributed by atoms with Crippen LogP contribution in [0, 0.1) is 0 Å². The largest absolute Gasteiger partial charge is 0.513 e. The van der Waals surface area contributed by atoms with Gasteiger partial charge in [-0.3, -0.25) is 4.79 Å². The molecule has 1 rings (SSSR count). The Morgan fingerprint density at radius 2 is 1.56 bits per heavy atom. The first-order valence-electron chi connectivity index (χ1n) is 10.6. The second-order valence-corrected chi connectivity index (χ2v) is 7.07. The Balaban J connectivity index is 2.63. The molecule has 0 amide bonds. The summed E-state index contributed by atoms with van der Waals surface area (Å²) >= 11 is 0. The van der Waals surface area contributed by atoms with Crippen molar-refractivity contribution in [2.45, 2.75) is 51.7 Å². The van der Waals surface area contributed by atoms with Crippen LogP contribution in [-0.2, 0) is 34.9 Å². The van der Waals surface area contributed by atoms with Crippen LogP contribution < -0.4 is 15.2 Å². The Labute approximate surface area is 197 Å². The van der Waals surface area contributed by atoms with E-state index >= 15 is 0 Å². The minimum Gasteiger partial charge on any atom is -0.461 e. The van der Waals surface area contributed by atoms with Crippen LogP contribution in [0.2, 0.25) is 0 Å². The summed E-state index contributed by atoms with van der Waals surface area (Å²) in [5.74, 6) is -0.989. The summed E-state index contributed by atoms with van der Waals surface area (Å²) in [6.07, 6.45) is -0.959. The fourth-order valence-corrected chi connectivity index (χ4v) is 2.49. The van der Waals surface area contributed by atoms with Crippen LogP contribution in [-0.4, -0.2) is 64.0 Å². The van der Waals surface area contributed by atoms with Gasteiger partial charge in [-0.25, -0.2) is 14.4 Å². The number of unbranched alkanes of at least 4 members (excludes halogenated alkanes) is 2. The van der Waals surface area contributed by atoms with Gasteiger partial charge in [-0.2, -0.15) is 0 Å².